The first-order chi connectivity index (χ1) is 14.1. The smallest absolute Gasteiger partial charge is 0.253 e. The molecular weight excluding hydrogens is 373 g/mol. The van der Waals surface area contributed by atoms with E-state index in [1.165, 1.54) is 12.1 Å². The minimum absolute atomic E-state index is 0.00750. The molecule has 29 heavy (non-hydrogen) atoms. The summed E-state index contributed by atoms with van der Waals surface area (Å²) in [5.41, 5.74) is 1.55. The van der Waals surface area contributed by atoms with Gasteiger partial charge in [0.15, 0.2) is 0 Å². The quantitative estimate of drug-likeness (QED) is 0.697. The standard InChI is InChI=1S/C22H22FN3O3/c1-28-18-9-7-15(8-10-18)22(27)26-11-3-4-16(14-26)20-13-21(25-24-20)29-19-6-2-5-17(23)12-19/h2,5-10,12-13,16H,3-4,11,14H2,1H3,(H,24,25)/t16-/m0/s1. The summed E-state index contributed by atoms with van der Waals surface area (Å²) in [7, 11) is 1.60. The van der Waals surface area contributed by atoms with Crippen molar-refractivity contribution in [2.24, 2.45) is 0 Å². The van der Waals surface area contributed by atoms with Crippen molar-refractivity contribution in [2.45, 2.75) is 18.8 Å². The number of carbonyl (C=O) groups is 1. The second-order valence-electron chi connectivity index (χ2n) is 7.04. The van der Waals surface area contributed by atoms with Crippen LogP contribution in [-0.2, 0) is 0 Å². The Labute approximate surface area is 168 Å². The molecule has 0 radical (unpaired) electrons. The molecule has 4 rings (SSSR count). The van der Waals surface area contributed by atoms with E-state index in [0.717, 1.165) is 30.8 Å². The van der Waals surface area contributed by atoms with Crippen LogP contribution in [0.2, 0.25) is 0 Å². The Kier molecular flexibility index (Phi) is 5.46. The molecule has 1 N–H and O–H groups in total. The number of benzene rings is 2. The average molecular weight is 395 g/mol. The number of carbonyl (C=O) groups excluding carboxylic acids is 1. The summed E-state index contributed by atoms with van der Waals surface area (Å²) >= 11 is 0. The molecule has 1 aliphatic rings. The number of nitrogens with one attached hydrogen (secondary N) is 1. The van der Waals surface area contributed by atoms with Gasteiger partial charge in [-0.2, -0.15) is 0 Å². The van der Waals surface area contributed by atoms with Crippen LogP contribution in [0.5, 0.6) is 17.4 Å². The number of hydrogen-bond acceptors (Lipinski definition) is 4. The minimum atomic E-state index is -0.363. The van der Waals surface area contributed by atoms with Crippen LogP contribution in [0.4, 0.5) is 4.39 Å². The lowest BCUT2D eigenvalue weighted by Gasteiger charge is -2.32. The molecule has 1 saturated heterocycles. The van der Waals surface area contributed by atoms with E-state index in [1.807, 2.05) is 11.0 Å². The van der Waals surface area contributed by atoms with Crippen LogP contribution in [-0.4, -0.2) is 41.2 Å². The van der Waals surface area contributed by atoms with Gasteiger partial charge >= 0.3 is 0 Å². The predicted octanol–water partition coefficient (Wildman–Crippen LogP) is 4.37. The molecule has 3 aromatic rings. The van der Waals surface area contributed by atoms with Crippen LogP contribution in [0.15, 0.2) is 54.6 Å². The summed E-state index contributed by atoms with van der Waals surface area (Å²) in [6.07, 6.45) is 1.86. The third-order valence-corrected chi connectivity index (χ3v) is 5.08. The Balaban J connectivity index is 1.43. The fourth-order valence-electron chi connectivity index (χ4n) is 3.56. The molecule has 1 aliphatic heterocycles. The van der Waals surface area contributed by atoms with Crippen molar-refractivity contribution in [2.75, 3.05) is 20.2 Å². The number of nitrogens with zero attached hydrogens (tertiary/aromatic N) is 2. The van der Waals surface area contributed by atoms with Crippen molar-refractivity contribution in [3.05, 3.63) is 71.7 Å². The van der Waals surface area contributed by atoms with Crippen LogP contribution in [0.3, 0.4) is 0 Å². The lowest BCUT2D eigenvalue weighted by molar-refractivity contribution is 0.0706. The zero-order valence-electron chi connectivity index (χ0n) is 16.1. The molecule has 0 saturated carbocycles. The molecule has 1 fully saturated rings. The first-order valence-corrected chi connectivity index (χ1v) is 9.54. The van der Waals surface area contributed by atoms with Crippen molar-refractivity contribution in [1.82, 2.24) is 15.1 Å². The highest BCUT2D eigenvalue weighted by atomic mass is 19.1. The molecule has 2 aromatic carbocycles. The molecule has 6 nitrogen and oxygen atoms in total. The molecule has 0 bridgehead atoms. The maximum Gasteiger partial charge on any atom is 0.253 e. The number of halogens is 1. The Morgan fingerprint density at radius 3 is 2.76 bits per heavy atom. The van der Waals surface area contributed by atoms with Gasteiger partial charge in [-0.05, 0) is 49.2 Å². The van der Waals surface area contributed by atoms with E-state index in [4.69, 9.17) is 9.47 Å². The number of hydrogen-bond donors (Lipinski definition) is 1. The SMILES string of the molecule is COc1ccc(C(=O)N2CCC[C@H](c3cc(Oc4cccc(F)c4)n[nH]3)C2)cc1. The monoisotopic (exact) mass is 395 g/mol. The number of rotatable bonds is 5. The summed E-state index contributed by atoms with van der Waals surface area (Å²) in [5, 5.41) is 7.18. The fourth-order valence-corrected chi connectivity index (χ4v) is 3.56. The van der Waals surface area contributed by atoms with E-state index in [9.17, 15) is 9.18 Å². The second kappa shape index (κ2) is 8.34. The molecular formula is C22H22FN3O3. The lowest BCUT2D eigenvalue weighted by atomic mass is 9.94. The largest absolute Gasteiger partial charge is 0.497 e. The van der Waals surface area contributed by atoms with E-state index in [1.54, 1.807) is 43.5 Å². The van der Waals surface area contributed by atoms with Gasteiger partial charge in [-0.3, -0.25) is 9.89 Å². The number of aromatic nitrogens is 2. The maximum atomic E-state index is 13.3. The highest BCUT2D eigenvalue weighted by molar-refractivity contribution is 5.94. The number of H-pyrrole nitrogens is 1. The van der Waals surface area contributed by atoms with Crippen molar-refractivity contribution in [3.63, 3.8) is 0 Å². The van der Waals surface area contributed by atoms with Gasteiger partial charge < -0.3 is 14.4 Å². The summed E-state index contributed by atoms with van der Waals surface area (Å²) in [6, 6.07) is 14.9. The summed E-state index contributed by atoms with van der Waals surface area (Å²) in [4.78, 5) is 14.7. The van der Waals surface area contributed by atoms with Gasteiger partial charge in [-0.1, -0.05) is 6.07 Å². The third-order valence-electron chi connectivity index (χ3n) is 5.08. The van der Waals surface area contributed by atoms with Crippen molar-refractivity contribution >= 4 is 5.91 Å². The van der Waals surface area contributed by atoms with Gasteiger partial charge in [-0.15, -0.1) is 5.10 Å². The maximum absolute atomic E-state index is 13.3. The molecule has 1 amide bonds. The molecule has 2 heterocycles. The number of methoxy groups -OCH3 is 1. The zero-order valence-corrected chi connectivity index (χ0v) is 16.1. The molecule has 1 aromatic heterocycles. The first-order valence-electron chi connectivity index (χ1n) is 9.54. The number of likely N-dealkylation sites (tertiary alicyclic amines) is 1. The van der Waals surface area contributed by atoms with Crippen LogP contribution in [0.1, 0.15) is 34.8 Å². The number of amides is 1. The first kappa shape index (κ1) is 19.0. The molecule has 0 aliphatic carbocycles. The summed E-state index contributed by atoms with van der Waals surface area (Å²) in [5.74, 6) is 1.28. The number of aromatic amines is 1. The summed E-state index contributed by atoms with van der Waals surface area (Å²) < 4.78 is 24.1. The van der Waals surface area contributed by atoms with E-state index < -0.39 is 0 Å². The van der Waals surface area contributed by atoms with E-state index >= 15 is 0 Å². The Hall–Kier alpha value is -3.35. The molecule has 0 spiro atoms. The van der Waals surface area contributed by atoms with Gasteiger partial charge in [0.25, 0.3) is 5.91 Å². The Bertz CT molecular complexity index is 987. The molecule has 0 unspecified atom stereocenters. The van der Waals surface area contributed by atoms with E-state index in [2.05, 4.69) is 10.2 Å². The lowest BCUT2D eigenvalue weighted by Crippen LogP contribution is -2.39. The number of ether oxygens (including phenoxy) is 2. The minimum Gasteiger partial charge on any atom is -0.497 e. The van der Waals surface area contributed by atoms with Crippen LogP contribution < -0.4 is 9.47 Å². The van der Waals surface area contributed by atoms with Crippen LogP contribution >= 0.6 is 0 Å². The Morgan fingerprint density at radius 2 is 2.00 bits per heavy atom. The molecule has 7 heteroatoms. The zero-order chi connectivity index (χ0) is 20.2. The van der Waals surface area contributed by atoms with Gasteiger partial charge in [0.1, 0.15) is 17.3 Å². The van der Waals surface area contributed by atoms with Crippen LogP contribution in [0, 0.1) is 5.82 Å². The van der Waals surface area contributed by atoms with Gasteiger partial charge in [0, 0.05) is 42.4 Å². The molecule has 150 valence electrons. The third kappa shape index (κ3) is 4.39. The number of piperidine rings is 1. The highest BCUT2D eigenvalue weighted by Gasteiger charge is 2.27. The van der Waals surface area contributed by atoms with Gasteiger partial charge in [0.2, 0.25) is 5.88 Å². The van der Waals surface area contributed by atoms with Crippen molar-refractivity contribution in [3.8, 4) is 17.4 Å². The van der Waals surface area contributed by atoms with Gasteiger partial charge in [0.05, 0.1) is 7.11 Å². The summed E-state index contributed by atoms with van der Waals surface area (Å²) in [6.45, 7) is 1.33. The Morgan fingerprint density at radius 1 is 1.17 bits per heavy atom. The van der Waals surface area contributed by atoms with E-state index in [-0.39, 0.29) is 17.6 Å². The highest BCUT2D eigenvalue weighted by Crippen LogP contribution is 2.30. The van der Waals surface area contributed by atoms with Crippen molar-refractivity contribution in [1.29, 1.82) is 0 Å². The normalized spacial score (nSPS) is 16.5. The predicted molar refractivity (Wildman–Crippen MR) is 106 cm³/mol. The van der Waals surface area contributed by atoms with Crippen LogP contribution in [0.25, 0.3) is 0 Å². The average Bonchev–Trinajstić information content (AvgIpc) is 3.22. The van der Waals surface area contributed by atoms with Crippen molar-refractivity contribution < 1.29 is 18.7 Å². The second-order valence-corrected chi connectivity index (χ2v) is 7.04. The molecule has 1 atom stereocenters. The topological polar surface area (TPSA) is 67.4 Å². The van der Waals surface area contributed by atoms with Gasteiger partial charge in [-0.25, -0.2) is 4.39 Å². The fraction of sp³-hybridized carbons (Fsp3) is 0.273. The van der Waals surface area contributed by atoms with E-state index in [0.29, 0.717) is 23.7 Å².